The van der Waals surface area contributed by atoms with E-state index in [0.29, 0.717) is 43.9 Å². The van der Waals surface area contributed by atoms with Crippen molar-refractivity contribution in [1.82, 2.24) is 4.98 Å². The van der Waals surface area contributed by atoms with E-state index in [0.717, 1.165) is 16.9 Å². The number of fused-ring (bicyclic) bond motifs is 2. The molecule has 6 rings (SSSR count). The first kappa shape index (κ1) is 31.1. The summed E-state index contributed by atoms with van der Waals surface area (Å²) in [5.74, 6) is -2.30. The van der Waals surface area contributed by atoms with Crippen LogP contribution in [0.3, 0.4) is 0 Å². The number of esters is 1. The minimum atomic E-state index is -0.754. The number of anilines is 2. The van der Waals surface area contributed by atoms with Crippen LogP contribution in [0.5, 0.6) is 11.5 Å². The molecule has 1 saturated heterocycles. The number of carbonyl (C=O) groups excluding carboxylic acids is 4. The van der Waals surface area contributed by atoms with Crippen LogP contribution in [0.2, 0.25) is 0 Å². The molecule has 0 spiro atoms. The number of nitrogens with zero attached hydrogens (tertiary/aromatic N) is 1. The minimum absolute atomic E-state index is 0.263. The smallest absolute Gasteiger partial charge is 0.338 e. The first-order chi connectivity index (χ1) is 22.2. The third-order valence-corrected chi connectivity index (χ3v) is 10.1. The maximum Gasteiger partial charge on any atom is 0.338 e. The van der Waals surface area contributed by atoms with E-state index in [4.69, 9.17) is 14.2 Å². The zero-order valence-corrected chi connectivity index (χ0v) is 26.7. The third-order valence-electron chi connectivity index (χ3n) is 7.70. The zero-order chi connectivity index (χ0) is 32.5. The topological polar surface area (TPSA) is 144 Å². The fraction of sp³-hybridized carbons (Fsp3) is 0.242. The number of methoxy groups -OCH3 is 1. The van der Waals surface area contributed by atoms with Gasteiger partial charge in [0.05, 0.1) is 35.9 Å². The number of carbonyl (C=O) groups is 4. The Kier molecular flexibility index (Phi) is 8.69. The Bertz CT molecular complexity index is 1880. The number of hydrogen-bond acceptors (Lipinski definition) is 10. The molecule has 11 nitrogen and oxygen atoms in total. The second kappa shape index (κ2) is 12.9. The SMILES string of the molecule is CCOC(=O)c1ccc(NC(=O)COc2ccc([C@H]3c4sc(=O)[nH]c4SC4C(=O)N(c5ccc(C)cc5)C(=O)C43)cc2OC)cc1. The van der Waals surface area contributed by atoms with Crippen LogP contribution in [-0.4, -0.2) is 54.2 Å². The van der Waals surface area contributed by atoms with E-state index in [1.54, 1.807) is 61.5 Å². The van der Waals surface area contributed by atoms with Gasteiger partial charge in [0, 0.05) is 16.5 Å². The summed E-state index contributed by atoms with van der Waals surface area (Å²) >= 11 is 2.23. The molecule has 2 aliphatic heterocycles. The Morgan fingerprint density at radius 1 is 0.957 bits per heavy atom. The van der Waals surface area contributed by atoms with Crippen LogP contribution in [0.15, 0.2) is 76.6 Å². The first-order valence-electron chi connectivity index (χ1n) is 14.4. The second-order valence-corrected chi connectivity index (χ2v) is 12.8. The van der Waals surface area contributed by atoms with E-state index in [1.165, 1.54) is 23.8 Å². The molecule has 3 heterocycles. The highest BCUT2D eigenvalue weighted by molar-refractivity contribution is 8.00. The zero-order valence-electron chi connectivity index (χ0n) is 25.0. The summed E-state index contributed by atoms with van der Waals surface area (Å²) in [7, 11) is 1.46. The van der Waals surface area contributed by atoms with Crippen molar-refractivity contribution in [2.24, 2.45) is 5.92 Å². The molecule has 46 heavy (non-hydrogen) atoms. The summed E-state index contributed by atoms with van der Waals surface area (Å²) in [6, 6.07) is 18.6. The fourth-order valence-electron chi connectivity index (χ4n) is 5.57. The van der Waals surface area contributed by atoms with Crippen LogP contribution in [-0.2, 0) is 19.1 Å². The van der Waals surface area contributed by atoms with Gasteiger partial charge in [-0.15, -0.1) is 0 Å². The molecule has 236 valence electrons. The van der Waals surface area contributed by atoms with Crippen LogP contribution in [0.1, 0.15) is 39.2 Å². The molecule has 2 N–H and O–H groups in total. The Labute approximate surface area is 271 Å². The molecular formula is C33H29N3O8S2. The van der Waals surface area contributed by atoms with Gasteiger partial charge in [-0.25, -0.2) is 9.69 Å². The number of benzene rings is 3. The Morgan fingerprint density at radius 2 is 1.70 bits per heavy atom. The van der Waals surface area contributed by atoms with Gasteiger partial charge in [0.1, 0.15) is 5.25 Å². The van der Waals surface area contributed by atoms with Gasteiger partial charge in [0.2, 0.25) is 11.8 Å². The number of hydrogen-bond donors (Lipinski definition) is 2. The highest BCUT2D eigenvalue weighted by atomic mass is 32.2. The Morgan fingerprint density at radius 3 is 2.39 bits per heavy atom. The van der Waals surface area contributed by atoms with E-state index in [9.17, 15) is 24.0 Å². The molecule has 3 aromatic carbocycles. The molecule has 1 aromatic heterocycles. The monoisotopic (exact) mass is 659 g/mol. The number of H-pyrrole nitrogens is 1. The van der Waals surface area contributed by atoms with E-state index in [2.05, 4.69) is 10.3 Å². The number of thioether (sulfide) groups is 1. The van der Waals surface area contributed by atoms with Crippen molar-refractivity contribution in [3.05, 3.63) is 98.0 Å². The summed E-state index contributed by atoms with van der Waals surface area (Å²) in [6.45, 7) is 3.58. The maximum absolute atomic E-state index is 14.0. The maximum atomic E-state index is 14.0. The summed E-state index contributed by atoms with van der Waals surface area (Å²) < 4.78 is 16.4. The van der Waals surface area contributed by atoms with Crippen molar-refractivity contribution in [2.75, 3.05) is 30.5 Å². The molecule has 4 aromatic rings. The standard InChI is InChI=1S/C33H29N3O8S2/c1-4-43-32(40)18-7-10-20(11-8-18)34-24(37)16-44-22-14-9-19(15-23(22)42-3)25-26-28(45-29-27(25)46-33(41)35-29)31(39)36(30(26)38)21-12-5-17(2)6-13-21/h5-15,25-26,28H,4,16H2,1-3H3,(H,34,37)(H,35,41)/t25-,26?,28?/m1/s1. The quantitative estimate of drug-likeness (QED) is 0.192. The number of amides is 3. The minimum Gasteiger partial charge on any atom is -0.493 e. The number of thiazole rings is 1. The number of aromatic amines is 1. The third kappa shape index (κ3) is 5.90. The number of aromatic nitrogens is 1. The molecule has 0 aliphatic carbocycles. The van der Waals surface area contributed by atoms with Crippen LogP contribution < -0.4 is 24.6 Å². The van der Waals surface area contributed by atoms with E-state index in [1.807, 2.05) is 19.1 Å². The highest BCUT2D eigenvalue weighted by Gasteiger charge is 2.56. The molecule has 2 aliphatic rings. The first-order valence-corrected chi connectivity index (χ1v) is 16.1. The normalized spacial score (nSPS) is 18.5. The van der Waals surface area contributed by atoms with Crippen LogP contribution in [0, 0.1) is 12.8 Å². The lowest BCUT2D eigenvalue weighted by Gasteiger charge is -2.30. The second-order valence-electron chi connectivity index (χ2n) is 10.6. The van der Waals surface area contributed by atoms with Gasteiger partial charge in [0.15, 0.2) is 18.1 Å². The van der Waals surface area contributed by atoms with Crippen LogP contribution in [0.25, 0.3) is 0 Å². The number of aryl methyl sites for hydroxylation is 1. The summed E-state index contributed by atoms with van der Waals surface area (Å²) in [4.78, 5) is 69.0. The molecule has 13 heteroatoms. The predicted octanol–water partition coefficient (Wildman–Crippen LogP) is 4.74. The molecule has 0 saturated carbocycles. The Hall–Kier alpha value is -4.88. The number of rotatable bonds is 9. The van der Waals surface area contributed by atoms with E-state index >= 15 is 0 Å². The summed E-state index contributed by atoms with van der Waals surface area (Å²) in [5.41, 5.74) is 3.01. The molecule has 3 amide bonds. The van der Waals surface area contributed by atoms with Crippen molar-refractivity contribution in [3.8, 4) is 11.5 Å². The molecule has 2 unspecified atom stereocenters. The molecular weight excluding hydrogens is 631 g/mol. The van der Waals surface area contributed by atoms with Crippen LogP contribution in [0.4, 0.5) is 11.4 Å². The van der Waals surface area contributed by atoms with Gasteiger partial charge in [-0.1, -0.05) is 46.9 Å². The lowest BCUT2D eigenvalue weighted by Crippen LogP contribution is -2.32. The Balaban J connectivity index is 1.22. The van der Waals surface area contributed by atoms with Crippen molar-refractivity contribution < 1.29 is 33.4 Å². The van der Waals surface area contributed by atoms with Crippen molar-refractivity contribution in [1.29, 1.82) is 0 Å². The molecule has 3 atom stereocenters. The summed E-state index contributed by atoms with van der Waals surface area (Å²) in [6.07, 6.45) is 0. The highest BCUT2D eigenvalue weighted by Crippen LogP contribution is 2.53. The van der Waals surface area contributed by atoms with Gasteiger partial charge in [-0.05, 0) is 67.9 Å². The van der Waals surface area contributed by atoms with Gasteiger partial charge in [-0.2, -0.15) is 0 Å². The predicted molar refractivity (Wildman–Crippen MR) is 173 cm³/mol. The lowest BCUT2D eigenvalue weighted by molar-refractivity contribution is -0.122. The van der Waals surface area contributed by atoms with Gasteiger partial charge in [-0.3, -0.25) is 19.2 Å². The number of ether oxygens (including phenoxy) is 3. The number of nitrogens with one attached hydrogen (secondary N) is 2. The van der Waals surface area contributed by atoms with Crippen LogP contribution >= 0.6 is 23.1 Å². The fourth-order valence-corrected chi connectivity index (χ4v) is 8.08. The molecule has 1 fully saturated rings. The van der Waals surface area contributed by atoms with Gasteiger partial charge >= 0.3 is 10.8 Å². The van der Waals surface area contributed by atoms with Crippen molar-refractivity contribution >= 4 is 58.2 Å². The van der Waals surface area contributed by atoms with Gasteiger partial charge < -0.3 is 24.5 Å². The van der Waals surface area contributed by atoms with Crippen molar-refractivity contribution in [3.63, 3.8) is 0 Å². The van der Waals surface area contributed by atoms with Gasteiger partial charge in [0.25, 0.3) is 5.91 Å². The average Bonchev–Trinajstić information content (AvgIpc) is 3.54. The summed E-state index contributed by atoms with van der Waals surface area (Å²) in [5, 5.41) is 2.55. The lowest BCUT2D eigenvalue weighted by atomic mass is 9.83. The molecule has 0 radical (unpaired) electrons. The van der Waals surface area contributed by atoms with E-state index < -0.39 is 29.0 Å². The molecule has 0 bridgehead atoms. The largest absolute Gasteiger partial charge is 0.493 e. The average molecular weight is 660 g/mol. The van der Waals surface area contributed by atoms with E-state index in [-0.39, 0.29) is 29.9 Å². The number of imide groups is 1. The van der Waals surface area contributed by atoms with Crippen molar-refractivity contribution in [2.45, 2.75) is 30.0 Å².